The molecule has 0 fully saturated rings. The Labute approximate surface area is 224 Å². The normalized spacial score (nSPS) is 12.7. The van der Waals surface area contributed by atoms with Gasteiger partial charge in [-0.2, -0.15) is 0 Å². The molecule has 0 radical (unpaired) electrons. The molecule has 3 N–H and O–H groups in total. The Kier molecular flexibility index (Phi) is 7.54. The highest BCUT2D eigenvalue weighted by Crippen LogP contribution is 2.40. The molecule has 0 aromatic heterocycles. The molecule has 3 nitrogen and oxygen atoms in total. The van der Waals surface area contributed by atoms with Gasteiger partial charge in [0.15, 0.2) is 0 Å². The van der Waals surface area contributed by atoms with Crippen LogP contribution in [0, 0.1) is 13.8 Å². The van der Waals surface area contributed by atoms with E-state index in [0.29, 0.717) is 24.3 Å². The predicted molar refractivity (Wildman–Crippen MR) is 156 cm³/mol. The first kappa shape index (κ1) is 28.6. The maximum Gasteiger partial charge on any atom is 0.122 e. The summed E-state index contributed by atoms with van der Waals surface area (Å²) in [6.45, 7) is 23.2. The van der Waals surface area contributed by atoms with Crippen molar-refractivity contribution < 1.29 is 15.3 Å². The lowest BCUT2D eigenvalue weighted by Gasteiger charge is -2.25. The van der Waals surface area contributed by atoms with Crippen LogP contribution in [-0.4, -0.2) is 15.3 Å². The number of benzene rings is 3. The number of rotatable bonds is 4. The number of phenolic OH excluding ortho intramolecular Hbond substituents is 3. The molecule has 3 heteroatoms. The highest BCUT2D eigenvalue weighted by atomic mass is 16.3. The van der Waals surface area contributed by atoms with Crippen molar-refractivity contribution in [2.75, 3.05) is 0 Å². The Morgan fingerprint density at radius 3 is 1.08 bits per heavy atom. The third kappa shape index (κ3) is 6.32. The Morgan fingerprint density at radius 1 is 0.459 bits per heavy atom. The fourth-order valence-corrected chi connectivity index (χ4v) is 4.99. The van der Waals surface area contributed by atoms with E-state index in [-0.39, 0.29) is 22.0 Å². The zero-order chi connectivity index (χ0) is 28.1. The fourth-order valence-electron chi connectivity index (χ4n) is 4.99. The van der Waals surface area contributed by atoms with Gasteiger partial charge in [-0.3, -0.25) is 0 Å². The maximum atomic E-state index is 11.5. The number of hydrogen-bond acceptors (Lipinski definition) is 3. The zero-order valence-electron chi connectivity index (χ0n) is 24.7. The quantitative estimate of drug-likeness (QED) is 0.335. The highest BCUT2D eigenvalue weighted by Gasteiger charge is 2.25. The van der Waals surface area contributed by atoms with E-state index in [1.54, 1.807) is 0 Å². The minimum atomic E-state index is -0.196. The molecule has 0 aliphatic carbocycles. The van der Waals surface area contributed by atoms with E-state index in [9.17, 15) is 15.3 Å². The van der Waals surface area contributed by atoms with E-state index in [4.69, 9.17) is 0 Å². The zero-order valence-corrected chi connectivity index (χ0v) is 24.7. The van der Waals surface area contributed by atoms with Crippen LogP contribution < -0.4 is 0 Å². The second-order valence-corrected chi connectivity index (χ2v) is 13.9. The van der Waals surface area contributed by atoms with Crippen LogP contribution in [0.2, 0.25) is 0 Å². The first-order valence-corrected chi connectivity index (χ1v) is 13.3. The van der Waals surface area contributed by atoms with Crippen molar-refractivity contribution in [1.82, 2.24) is 0 Å². The summed E-state index contributed by atoms with van der Waals surface area (Å²) in [6, 6.07) is 12.2. The van der Waals surface area contributed by atoms with Crippen molar-refractivity contribution in [3.63, 3.8) is 0 Å². The molecule has 0 aliphatic rings. The van der Waals surface area contributed by atoms with Crippen molar-refractivity contribution in [2.45, 2.75) is 105 Å². The molecule has 37 heavy (non-hydrogen) atoms. The summed E-state index contributed by atoms with van der Waals surface area (Å²) in [7, 11) is 0. The fraction of sp³-hybridized carbons (Fsp3) is 0.471. The number of aromatic hydroxyl groups is 3. The Hall–Kier alpha value is -2.94. The lowest BCUT2D eigenvalue weighted by Crippen LogP contribution is -2.14. The average Bonchev–Trinajstić information content (AvgIpc) is 2.73. The van der Waals surface area contributed by atoms with Crippen LogP contribution in [0.5, 0.6) is 17.2 Å². The summed E-state index contributed by atoms with van der Waals surface area (Å²) < 4.78 is 0. The number of phenols is 3. The molecule has 0 heterocycles. The second kappa shape index (κ2) is 9.74. The van der Waals surface area contributed by atoms with Gasteiger partial charge in [-0.25, -0.2) is 0 Å². The molecule has 3 aromatic carbocycles. The third-order valence-electron chi connectivity index (χ3n) is 7.18. The van der Waals surface area contributed by atoms with Gasteiger partial charge < -0.3 is 15.3 Å². The summed E-state index contributed by atoms with van der Waals surface area (Å²) in [5, 5.41) is 33.9. The van der Waals surface area contributed by atoms with Gasteiger partial charge in [-0.05, 0) is 69.0 Å². The molecule has 0 unspecified atom stereocenters. The van der Waals surface area contributed by atoms with E-state index in [2.05, 4.69) is 74.4 Å². The highest BCUT2D eigenvalue weighted by molar-refractivity contribution is 5.55. The lowest BCUT2D eigenvalue weighted by atomic mass is 9.80. The van der Waals surface area contributed by atoms with Gasteiger partial charge in [0.25, 0.3) is 0 Å². The second-order valence-electron chi connectivity index (χ2n) is 13.9. The van der Waals surface area contributed by atoms with Crippen LogP contribution >= 0.6 is 0 Å². The molecule has 0 saturated carbocycles. The van der Waals surface area contributed by atoms with Crippen molar-refractivity contribution >= 4 is 0 Å². The number of hydrogen-bond donors (Lipinski definition) is 3. The first-order chi connectivity index (χ1) is 16.8. The first-order valence-electron chi connectivity index (χ1n) is 13.3. The SMILES string of the molecule is Cc1cc(Cc2cc(C(C)(C)C)cc(Cc3cc(C)cc(C(C)(C)C)c3O)c2O)c(O)c(C(C)(C)C)c1. The van der Waals surface area contributed by atoms with Crippen LogP contribution in [0.3, 0.4) is 0 Å². The van der Waals surface area contributed by atoms with E-state index in [0.717, 1.165) is 50.1 Å². The smallest absolute Gasteiger partial charge is 0.122 e. The summed E-state index contributed by atoms with van der Waals surface area (Å²) >= 11 is 0. The minimum Gasteiger partial charge on any atom is -0.507 e. The van der Waals surface area contributed by atoms with Crippen molar-refractivity contribution in [3.05, 3.63) is 86.5 Å². The molecule has 0 spiro atoms. The van der Waals surface area contributed by atoms with Crippen molar-refractivity contribution in [2.24, 2.45) is 0 Å². The predicted octanol–water partition coefficient (Wildman–Crippen LogP) is 8.49. The largest absolute Gasteiger partial charge is 0.507 e. The van der Waals surface area contributed by atoms with Crippen LogP contribution in [0.25, 0.3) is 0 Å². The van der Waals surface area contributed by atoms with E-state index in [1.807, 2.05) is 38.1 Å². The van der Waals surface area contributed by atoms with Gasteiger partial charge in [0.05, 0.1) is 0 Å². The Morgan fingerprint density at radius 2 is 0.784 bits per heavy atom. The standard InChI is InChI=1S/C34H46O3/c1-20-12-22(30(36)27(14-20)33(6,7)8)16-24-18-26(32(3,4)5)19-25(29(24)35)17-23-13-21(2)15-28(31(23)37)34(9,10)11/h12-15,18-19,35-37H,16-17H2,1-11H3. The van der Waals surface area contributed by atoms with Crippen molar-refractivity contribution in [1.29, 1.82) is 0 Å². The average molecular weight is 503 g/mol. The summed E-state index contributed by atoms with van der Waals surface area (Å²) in [6.07, 6.45) is 0.846. The summed E-state index contributed by atoms with van der Waals surface area (Å²) in [5.41, 5.74) is 7.77. The van der Waals surface area contributed by atoms with Gasteiger partial charge in [-0.15, -0.1) is 0 Å². The third-order valence-corrected chi connectivity index (χ3v) is 7.18. The molecule has 0 aliphatic heterocycles. The topological polar surface area (TPSA) is 60.7 Å². The molecular formula is C34H46O3. The van der Waals surface area contributed by atoms with Gasteiger partial charge in [-0.1, -0.05) is 110 Å². The van der Waals surface area contributed by atoms with Gasteiger partial charge in [0.2, 0.25) is 0 Å². The van der Waals surface area contributed by atoms with Crippen LogP contribution in [-0.2, 0) is 29.1 Å². The van der Waals surface area contributed by atoms with Gasteiger partial charge in [0.1, 0.15) is 17.2 Å². The Balaban J connectivity index is 2.18. The van der Waals surface area contributed by atoms with Crippen molar-refractivity contribution in [3.8, 4) is 17.2 Å². The van der Waals surface area contributed by atoms with Crippen LogP contribution in [0.4, 0.5) is 0 Å². The Bertz CT molecular complexity index is 1220. The van der Waals surface area contributed by atoms with E-state index < -0.39 is 0 Å². The summed E-state index contributed by atoms with van der Waals surface area (Å²) in [4.78, 5) is 0. The van der Waals surface area contributed by atoms with Crippen LogP contribution in [0.15, 0.2) is 36.4 Å². The van der Waals surface area contributed by atoms with Crippen LogP contribution in [0.1, 0.15) is 112 Å². The molecular weight excluding hydrogens is 456 g/mol. The van der Waals surface area contributed by atoms with E-state index >= 15 is 0 Å². The number of aryl methyl sites for hydroxylation is 2. The molecule has 0 bridgehead atoms. The van der Waals surface area contributed by atoms with E-state index in [1.165, 1.54) is 0 Å². The van der Waals surface area contributed by atoms with Gasteiger partial charge in [0, 0.05) is 12.8 Å². The summed E-state index contributed by atoms with van der Waals surface area (Å²) in [5.74, 6) is 0.821. The maximum absolute atomic E-state index is 11.5. The molecule has 0 atom stereocenters. The molecule has 3 aromatic rings. The molecule has 0 amide bonds. The lowest BCUT2D eigenvalue weighted by molar-refractivity contribution is 0.438. The van der Waals surface area contributed by atoms with Gasteiger partial charge >= 0.3 is 0 Å². The monoisotopic (exact) mass is 502 g/mol. The molecule has 0 saturated heterocycles. The molecule has 3 rings (SSSR count). The minimum absolute atomic E-state index is 0.131. The molecule has 200 valence electrons.